The second-order valence-electron chi connectivity index (χ2n) is 5.91. The first-order chi connectivity index (χ1) is 13.0. The standard InChI is InChI=1S/C18H19ClN4O4/c1-11-9-21-13(10-20-11)17(24)22-7-4-8-23(22)18(25)15-14(26-2)6-5-12(19)16(15)27-3/h5-6,9-10H,4,7-8H2,1-3H3. The predicted octanol–water partition coefficient (Wildman–Crippen LogP) is 2.36. The average Bonchev–Trinajstić information content (AvgIpc) is 3.17. The highest BCUT2D eigenvalue weighted by molar-refractivity contribution is 6.32. The van der Waals surface area contributed by atoms with Gasteiger partial charge in [-0.15, -0.1) is 0 Å². The van der Waals surface area contributed by atoms with Crippen LogP contribution in [0.5, 0.6) is 11.5 Å². The highest BCUT2D eigenvalue weighted by Gasteiger charge is 2.35. The van der Waals surface area contributed by atoms with Gasteiger partial charge in [-0.3, -0.25) is 14.6 Å². The first kappa shape index (κ1) is 18.9. The van der Waals surface area contributed by atoms with Crippen LogP contribution in [-0.2, 0) is 0 Å². The molecule has 0 saturated carbocycles. The van der Waals surface area contributed by atoms with Gasteiger partial charge in [-0.25, -0.2) is 15.0 Å². The van der Waals surface area contributed by atoms with Gasteiger partial charge in [0.2, 0.25) is 0 Å². The van der Waals surface area contributed by atoms with Crippen LogP contribution in [0.4, 0.5) is 0 Å². The first-order valence-corrected chi connectivity index (χ1v) is 8.68. The van der Waals surface area contributed by atoms with Crippen LogP contribution in [0.15, 0.2) is 24.5 Å². The fourth-order valence-corrected chi connectivity index (χ4v) is 3.14. The molecule has 27 heavy (non-hydrogen) atoms. The molecule has 8 nitrogen and oxygen atoms in total. The van der Waals surface area contributed by atoms with Crippen molar-refractivity contribution in [1.29, 1.82) is 0 Å². The Morgan fingerprint density at radius 2 is 1.74 bits per heavy atom. The number of amides is 2. The van der Waals surface area contributed by atoms with E-state index in [-0.39, 0.29) is 22.0 Å². The number of carbonyl (C=O) groups excluding carboxylic acids is 2. The summed E-state index contributed by atoms with van der Waals surface area (Å²) >= 11 is 6.17. The molecule has 2 heterocycles. The number of aromatic nitrogens is 2. The Labute approximate surface area is 161 Å². The molecule has 1 saturated heterocycles. The highest BCUT2D eigenvalue weighted by atomic mass is 35.5. The molecule has 9 heteroatoms. The minimum absolute atomic E-state index is 0.169. The van der Waals surface area contributed by atoms with Crippen molar-refractivity contribution < 1.29 is 19.1 Å². The molecule has 2 aromatic rings. The topological polar surface area (TPSA) is 84.9 Å². The Kier molecular flexibility index (Phi) is 5.46. The number of hydrogen-bond acceptors (Lipinski definition) is 6. The number of nitrogens with zero attached hydrogens (tertiary/aromatic N) is 4. The predicted molar refractivity (Wildman–Crippen MR) is 98.0 cm³/mol. The Bertz CT molecular complexity index is 872. The number of aryl methyl sites for hydroxylation is 1. The summed E-state index contributed by atoms with van der Waals surface area (Å²) in [5.41, 5.74) is 1.04. The van der Waals surface area contributed by atoms with Gasteiger partial charge in [-0.2, -0.15) is 0 Å². The third kappa shape index (κ3) is 3.52. The molecule has 1 aromatic heterocycles. The molecule has 1 aliphatic rings. The van der Waals surface area contributed by atoms with Gasteiger partial charge in [-0.1, -0.05) is 11.6 Å². The Morgan fingerprint density at radius 1 is 1.04 bits per heavy atom. The number of hydrazine groups is 1. The SMILES string of the molecule is COc1ccc(Cl)c(OC)c1C(=O)N1CCCN1C(=O)c1cnc(C)cn1. The van der Waals surface area contributed by atoms with Crippen LogP contribution in [0.3, 0.4) is 0 Å². The molecule has 3 rings (SSSR count). The fourth-order valence-electron chi connectivity index (χ4n) is 2.91. The summed E-state index contributed by atoms with van der Waals surface area (Å²) in [6.45, 7) is 2.55. The summed E-state index contributed by atoms with van der Waals surface area (Å²) in [5, 5.41) is 3.00. The number of carbonyl (C=O) groups is 2. The second-order valence-corrected chi connectivity index (χ2v) is 6.32. The molecule has 1 aliphatic heterocycles. The Balaban J connectivity index is 1.96. The van der Waals surface area contributed by atoms with Crippen LogP contribution < -0.4 is 9.47 Å². The summed E-state index contributed by atoms with van der Waals surface area (Å²) in [6.07, 6.45) is 3.56. The van der Waals surface area contributed by atoms with Crippen molar-refractivity contribution in [2.24, 2.45) is 0 Å². The van der Waals surface area contributed by atoms with Crippen molar-refractivity contribution in [3.8, 4) is 11.5 Å². The zero-order chi connectivity index (χ0) is 19.6. The molecule has 142 valence electrons. The summed E-state index contributed by atoms with van der Waals surface area (Å²) in [6, 6.07) is 3.18. The van der Waals surface area contributed by atoms with Crippen LogP contribution in [0.2, 0.25) is 5.02 Å². The van der Waals surface area contributed by atoms with E-state index in [0.29, 0.717) is 31.0 Å². The quantitative estimate of drug-likeness (QED) is 0.796. The Morgan fingerprint density at radius 3 is 2.33 bits per heavy atom. The maximum atomic E-state index is 13.2. The van der Waals surface area contributed by atoms with E-state index < -0.39 is 11.8 Å². The van der Waals surface area contributed by atoms with Crippen molar-refractivity contribution >= 4 is 23.4 Å². The lowest BCUT2D eigenvalue weighted by molar-refractivity contribution is 0.0178. The van der Waals surface area contributed by atoms with E-state index in [4.69, 9.17) is 21.1 Å². The molecule has 1 aromatic carbocycles. The summed E-state index contributed by atoms with van der Waals surface area (Å²) < 4.78 is 10.6. The van der Waals surface area contributed by atoms with Crippen LogP contribution in [-0.4, -0.2) is 59.1 Å². The molecular weight excluding hydrogens is 372 g/mol. The first-order valence-electron chi connectivity index (χ1n) is 8.30. The number of methoxy groups -OCH3 is 2. The maximum Gasteiger partial charge on any atom is 0.292 e. The van der Waals surface area contributed by atoms with E-state index in [9.17, 15) is 9.59 Å². The van der Waals surface area contributed by atoms with E-state index in [1.807, 2.05) is 0 Å². The van der Waals surface area contributed by atoms with Crippen LogP contribution in [0, 0.1) is 6.92 Å². The van der Waals surface area contributed by atoms with Gasteiger partial charge >= 0.3 is 0 Å². The molecule has 0 spiro atoms. The lowest BCUT2D eigenvalue weighted by Gasteiger charge is -2.28. The summed E-state index contributed by atoms with van der Waals surface area (Å²) in [7, 11) is 2.88. The fraction of sp³-hybridized carbons (Fsp3) is 0.333. The molecule has 0 unspecified atom stereocenters. The van der Waals surface area contributed by atoms with Crippen LogP contribution >= 0.6 is 11.6 Å². The maximum absolute atomic E-state index is 13.2. The van der Waals surface area contributed by atoms with Crippen molar-refractivity contribution in [3.63, 3.8) is 0 Å². The van der Waals surface area contributed by atoms with Crippen LogP contribution in [0.25, 0.3) is 0 Å². The van der Waals surface area contributed by atoms with Crippen LogP contribution in [0.1, 0.15) is 33.0 Å². The lowest BCUT2D eigenvalue weighted by Crippen LogP contribution is -2.45. The van der Waals surface area contributed by atoms with E-state index >= 15 is 0 Å². The number of ether oxygens (including phenoxy) is 2. The van der Waals surface area contributed by atoms with E-state index in [1.165, 1.54) is 36.6 Å². The normalized spacial score (nSPS) is 13.6. The van der Waals surface area contributed by atoms with E-state index in [2.05, 4.69) is 9.97 Å². The molecule has 0 radical (unpaired) electrons. The molecule has 2 amide bonds. The molecule has 0 N–H and O–H groups in total. The largest absolute Gasteiger partial charge is 0.496 e. The van der Waals surface area contributed by atoms with Crippen molar-refractivity contribution in [1.82, 2.24) is 20.0 Å². The second kappa shape index (κ2) is 7.79. The number of benzene rings is 1. The molecule has 0 aliphatic carbocycles. The zero-order valence-corrected chi connectivity index (χ0v) is 16.0. The van der Waals surface area contributed by atoms with E-state index in [0.717, 1.165) is 0 Å². The minimum atomic E-state index is -0.433. The smallest absolute Gasteiger partial charge is 0.292 e. The third-order valence-corrected chi connectivity index (χ3v) is 4.51. The Hall–Kier alpha value is -2.87. The van der Waals surface area contributed by atoms with Crippen molar-refractivity contribution in [3.05, 3.63) is 46.5 Å². The van der Waals surface area contributed by atoms with Gasteiger partial charge in [0, 0.05) is 19.3 Å². The molecule has 0 atom stereocenters. The van der Waals surface area contributed by atoms with Gasteiger partial charge in [0.15, 0.2) is 5.75 Å². The molecule has 0 bridgehead atoms. The number of halogens is 1. The highest BCUT2D eigenvalue weighted by Crippen LogP contribution is 2.37. The van der Waals surface area contributed by atoms with Gasteiger partial charge < -0.3 is 9.47 Å². The summed E-state index contributed by atoms with van der Waals surface area (Å²) in [5.74, 6) is -0.309. The van der Waals surface area contributed by atoms with Gasteiger partial charge in [-0.05, 0) is 25.5 Å². The third-order valence-electron chi connectivity index (χ3n) is 4.21. The molecular formula is C18H19ClN4O4. The lowest BCUT2D eigenvalue weighted by atomic mass is 10.1. The van der Waals surface area contributed by atoms with Crippen molar-refractivity contribution in [2.45, 2.75) is 13.3 Å². The van der Waals surface area contributed by atoms with Gasteiger partial charge in [0.25, 0.3) is 11.8 Å². The summed E-state index contributed by atoms with van der Waals surface area (Å²) in [4.78, 5) is 34.3. The number of rotatable bonds is 4. The number of hydrogen-bond donors (Lipinski definition) is 0. The molecule has 1 fully saturated rings. The minimum Gasteiger partial charge on any atom is -0.496 e. The average molecular weight is 391 g/mol. The monoisotopic (exact) mass is 390 g/mol. The van der Waals surface area contributed by atoms with Crippen molar-refractivity contribution in [2.75, 3.05) is 27.3 Å². The van der Waals surface area contributed by atoms with Gasteiger partial charge in [0.1, 0.15) is 17.0 Å². The zero-order valence-electron chi connectivity index (χ0n) is 15.2. The van der Waals surface area contributed by atoms with Gasteiger partial charge in [0.05, 0.1) is 31.1 Å². The van der Waals surface area contributed by atoms with E-state index in [1.54, 1.807) is 19.1 Å².